The Morgan fingerprint density at radius 2 is 2.33 bits per heavy atom. The maximum Gasteiger partial charge on any atom is 0.227 e. The highest BCUT2D eigenvalue weighted by molar-refractivity contribution is 5.76. The highest BCUT2D eigenvalue weighted by Crippen LogP contribution is 2.20. The topological polar surface area (TPSA) is 95.5 Å². The van der Waals surface area contributed by atoms with Gasteiger partial charge in [0, 0.05) is 26.9 Å². The van der Waals surface area contributed by atoms with Gasteiger partial charge in [-0.1, -0.05) is 5.16 Å². The van der Waals surface area contributed by atoms with Crippen molar-refractivity contribution in [2.45, 2.75) is 31.9 Å². The third-order valence-electron chi connectivity index (χ3n) is 3.98. The van der Waals surface area contributed by atoms with Crippen molar-refractivity contribution in [3.05, 3.63) is 24.1 Å². The summed E-state index contributed by atoms with van der Waals surface area (Å²) < 4.78 is 18.1. The van der Waals surface area contributed by atoms with Crippen molar-refractivity contribution in [1.82, 2.24) is 24.8 Å². The predicted molar refractivity (Wildman–Crippen MR) is 82.4 cm³/mol. The van der Waals surface area contributed by atoms with Gasteiger partial charge in [-0.05, 0) is 6.92 Å². The first-order valence-corrected chi connectivity index (χ1v) is 7.81. The van der Waals surface area contributed by atoms with E-state index in [1.807, 2.05) is 7.05 Å². The summed E-state index contributed by atoms with van der Waals surface area (Å²) in [5.41, 5.74) is 0. The van der Waals surface area contributed by atoms with Crippen molar-refractivity contribution in [2.75, 3.05) is 20.3 Å². The lowest BCUT2D eigenvalue weighted by Crippen LogP contribution is -2.46. The molecular formula is C15H21N5O4. The number of nitrogens with zero attached hydrogens (tertiary/aromatic N) is 5. The number of amides is 1. The molecule has 130 valence electrons. The molecule has 1 amide bonds. The minimum Gasteiger partial charge on any atom is -0.482 e. The van der Waals surface area contributed by atoms with Gasteiger partial charge in [0.15, 0.2) is 11.6 Å². The van der Waals surface area contributed by atoms with Crippen molar-refractivity contribution < 1.29 is 18.8 Å². The summed E-state index contributed by atoms with van der Waals surface area (Å²) in [6.07, 6.45) is 3.94. The summed E-state index contributed by atoms with van der Waals surface area (Å²) in [5, 5.41) is 7.79. The van der Waals surface area contributed by atoms with Crippen molar-refractivity contribution in [2.24, 2.45) is 7.05 Å². The van der Waals surface area contributed by atoms with Crippen LogP contribution in [0.25, 0.3) is 0 Å². The average Bonchev–Trinajstić information content (AvgIpc) is 3.27. The molecule has 0 spiro atoms. The Morgan fingerprint density at radius 1 is 1.50 bits per heavy atom. The molecule has 0 saturated carbocycles. The van der Waals surface area contributed by atoms with E-state index in [4.69, 9.17) is 14.0 Å². The number of rotatable bonds is 6. The number of ether oxygens (including phenoxy) is 2. The Kier molecular flexibility index (Phi) is 4.79. The van der Waals surface area contributed by atoms with Gasteiger partial charge >= 0.3 is 0 Å². The zero-order valence-electron chi connectivity index (χ0n) is 14.0. The van der Waals surface area contributed by atoms with Crippen LogP contribution in [-0.2, 0) is 23.0 Å². The molecule has 9 heteroatoms. The molecule has 1 saturated heterocycles. The lowest BCUT2D eigenvalue weighted by atomic mass is 10.1. The smallest absolute Gasteiger partial charge is 0.227 e. The third-order valence-corrected chi connectivity index (χ3v) is 3.98. The van der Waals surface area contributed by atoms with Crippen LogP contribution >= 0.6 is 0 Å². The fourth-order valence-electron chi connectivity index (χ4n) is 2.65. The second-order valence-electron chi connectivity index (χ2n) is 5.85. The quantitative estimate of drug-likeness (QED) is 0.751. The van der Waals surface area contributed by atoms with Gasteiger partial charge in [-0.25, -0.2) is 0 Å². The first-order chi connectivity index (χ1) is 11.5. The molecule has 9 nitrogen and oxygen atoms in total. The molecule has 0 radical (unpaired) electrons. The Balaban J connectivity index is 1.55. The maximum atomic E-state index is 12.4. The summed E-state index contributed by atoms with van der Waals surface area (Å²) in [5.74, 6) is 1.70. The Bertz CT molecular complexity index is 698. The Labute approximate surface area is 139 Å². The van der Waals surface area contributed by atoms with Gasteiger partial charge in [0.05, 0.1) is 31.6 Å². The molecule has 0 N–H and O–H groups in total. The van der Waals surface area contributed by atoms with Gasteiger partial charge in [-0.15, -0.1) is 0 Å². The van der Waals surface area contributed by atoms with Crippen LogP contribution in [0.5, 0.6) is 5.75 Å². The Morgan fingerprint density at radius 3 is 3.00 bits per heavy atom. The van der Waals surface area contributed by atoms with Crippen molar-refractivity contribution >= 4 is 5.91 Å². The molecule has 0 aliphatic carbocycles. The average molecular weight is 335 g/mol. The minimum absolute atomic E-state index is 0.0128. The van der Waals surface area contributed by atoms with Gasteiger partial charge in [0.1, 0.15) is 6.10 Å². The Hall–Kier alpha value is -2.42. The zero-order chi connectivity index (χ0) is 17.1. The lowest BCUT2D eigenvalue weighted by molar-refractivity contribution is -0.133. The maximum absolute atomic E-state index is 12.4. The first-order valence-electron chi connectivity index (χ1n) is 7.81. The molecule has 0 bridgehead atoms. The van der Waals surface area contributed by atoms with Crippen LogP contribution in [0.3, 0.4) is 0 Å². The van der Waals surface area contributed by atoms with E-state index in [1.165, 1.54) is 0 Å². The van der Waals surface area contributed by atoms with Crippen LogP contribution < -0.4 is 4.74 Å². The van der Waals surface area contributed by atoms with Crippen molar-refractivity contribution in [3.63, 3.8) is 0 Å². The van der Waals surface area contributed by atoms with E-state index in [2.05, 4.69) is 15.2 Å². The molecule has 1 aliphatic heterocycles. The normalized spacial score (nSPS) is 20.3. The molecule has 0 unspecified atom stereocenters. The summed E-state index contributed by atoms with van der Waals surface area (Å²) >= 11 is 0. The molecule has 2 aromatic rings. The van der Waals surface area contributed by atoms with Crippen molar-refractivity contribution in [3.8, 4) is 5.75 Å². The van der Waals surface area contributed by atoms with E-state index in [1.54, 1.807) is 35.9 Å². The molecule has 3 heterocycles. The molecule has 2 atom stereocenters. The van der Waals surface area contributed by atoms with Gasteiger partial charge in [-0.3, -0.25) is 9.48 Å². The van der Waals surface area contributed by atoms with E-state index in [0.29, 0.717) is 43.5 Å². The molecule has 2 aromatic heterocycles. The molecule has 24 heavy (non-hydrogen) atoms. The molecule has 1 fully saturated rings. The first kappa shape index (κ1) is 16.4. The highest BCUT2D eigenvalue weighted by Gasteiger charge is 2.35. The van der Waals surface area contributed by atoms with E-state index in [9.17, 15) is 4.79 Å². The fourth-order valence-corrected chi connectivity index (χ4v) is 2.65. The number of carbonyl (C=O) groups excluding carboxylic acids is 1. The van der Waals surface area contributed by atoms with Gasteiger partial charge in [0.2, 0.25) is 11.8 Å². The largest absolute Gasteiger partial charge is 0.482 e. The van der Waals surface area contributed by atoms with E-state index >= 15 is 0 Å². The molecular weight excluding hydrogens is 314 g/mol. The fraction of sp³-hybridized carbons (Fsp3) is 0.600. The third kappa shape index (κ3) is 3.73. The number of hydrogen-bond acceptors (Lipinski definition) is 7. The molecule has 3 rings (SSSR count). The van der Waals surface area contributed by atoms with E-state index in [0.717, 1.165) is 0 Å². The second-order valence-corrected chi connectivity index (χ2v) is 5.85. The van der Waals surface area contributed by atoms with Crippen LogP contribution in [-0.4, -0.2) is 63.1 Å². The van der Waals surface area contributed by atoms with E-state index in [-0.39, 0.29) is 18.1 Å². The summed E-state index contributed by atoms with van der Waals surface area (Å²) in [6, 6.07) is -0.137. The van der Waals surface area contributed by atoms with E-state index < -0.39 is 0 Å². The SMILES string of the molecule is Cc1noc(CCC(=O)N(C)[C@H]2COC[C@H]2Oc2cnn(C)c2)n1. The lowest BCUT2D eigenvalue weighted by Gasteiger charge is -2.28. The summed E-state index contributed by atoms with van der Waals surface area (Å²) in [7, 11) is 3.59. The second kappa shape index (κ2) is 7.00. The highest BCUT2D eigenvalue weighted by atomic mass is 16.5. The van der Waals surface area contributed by atoms with Crippen LogP contribution in [0.4, 0.5) is 0 Å². The number of carbonyl (C=O) groups is 1. The van der Waals surface area contributed by atoms with Gasteiger partial charge < -0.3 is 18.9 Å². The van der Waals surface area contributed by atoms with Crippen LogP contribution in [0.15, 0.2) is 16.9 Å². The molecule has 0 aromatic carbocycles. The monoisotopic (exact) mass is 335 g/mol. The number of likely N-dealkylation sites (N-methyl/N-ethyl adjacent to an activating group) is 1. The molecule has 1 aliphatic rings. The van der Waals surface area contributed by atoms with Gasteiger partial charge in [0.25, 0.3) is 0 Å². The predicted octanol–water partition coefficient (Wildman–Crippen LogP) is 0.349. The van der Waals surface area contributed by atoms with Crippen molar-refractivity contribution in [1.29, 1.82) is 0 Å². The van der Waals surface area contributed by atoms with Crippen LogP contribution in [0, 0.1) is 6.92 Å². The standard InChI is InChI=1S/C15H21N5O4/c1-10-17-14(24-18-10)4-5-15(21)20(3)12-8-22-9-13(12)23-11-6-16-19(2)7-11/h6-7,12-13H,4-5,8-9H2,1-3H3/t12-,13+/m0/s1. The van der Waals surface area contributed by atoms with Crippen LogP contribution in [0.2, 0.25) is 0 Å². The number of aromatic nitrogens is 4. The zero-order valence-corrected chi connectivity index (χ0v) is 14.0. The number of aryl methyl sites for hydroxylation is 3. The van der Waals surface area contributed by atoms with Gasteiger partial charge in [-0.2, -0.15) is 10.1 Å². The summed E-state index contributed by atoms with van der Waals surface area (Å²) in [6.45, 7) is 2.64. The minimum atomic E-state index is -0.214. The van der Waals surface area contributed by atoms with Crippen LogP contribution in [0.1, 0.15) is 18.1 Å². The number of hydrogen-bond donors (Lipinski definition) is 0. The summed E-state index contributed by atoms with van der Waals surface area (Å²) in [4.78, 5) is 18.2.